The van der Waals surface area contributed by atoms with Crippen LogP contribution < -0.4 is 0 Å². The highest BCUT2D eigenvalue weighted by Crippen LogP contribution is 2.55. The predicted molar refractivity (Wildman–Crippen MR) is 96.0 cm³/mol. The Hall–Kier alpha value is -0.310. The molecule has 0 saturated heterocycles. The summed E-state index contributed by atoms with van der Waals surface area (Å²) in [5.41, 5.74) is 2.69. The minimum absolute atomic E-state index is 0.198. The molecule has 2 atom stereocenters. The van der Waals surface area contributed by atoms with E-state index in [0.717, 1.165) is 32.1 Å². The molecule has 0 fully saturated rings. The number of aliphatic hydroxyl groups is 1. The summed E-state index contributed by atoms with van der Waals surface area (Å²) in [6, 6.07) is 0. The van der Waals surface area contributed by atoms with E-state index in [1.165, 1.54) is 11.1 Å². The van der Waals surface area contributed by atoms with Crippen LogP contribution in [0.3, 0.4) is 0 Å². The van der Waals surface area contributed by atoms with E-state index >= 15 is 0 Å². The molecule has 0 heterocycles. The van der Waals surface area contributed by atoms with Crippen LogP contribution in [0.5, 0.6) is 0 Å². The molecule has 0 aromatic rings. The molecule has 3 N–H and O–H groups in total. The maximum atomic E-state index is 11.5. The average molecular weight is 365 g/mol. The fourth-order valence-electron chi connectivity index (χ4n) is 2.26. The van der Waals surface area contributed by atoms with Gasteiger partial charge in [-0.25, -0.2) is 0 Å². The smallest absolute Gasteiger partial charge is 0.353 e. The van der Waals surface area contributed by atoms with Crippen molar-refractivity contribution >= 4 is 15.4 Å². The van der Waals surface area contributed by atoms with Gasteiger partial charge < -0.3 is 14.9 Å². The Morgan fingerprint density at radius 3 is 2.26 bits per heavy atom. The number of hydrogen-bond acceptors (Lipinski definition) is 3. The molecule has 0 aromatic carbocycles. The monoisotopic (exact) mass is 365 g/mol. The molecule has 0 aliphatic carbocycles. The van der Waals surface area contributed by atoms with Gasteiger partial charge in [-0.2, -0.15) is 0 Å². The Morgan fingerprint density at radius 1 is 1.09 bits per heavy atom. The molecule has 0 spiro atoms. The van der Waals surface area contributed by atoms with Gasteiger partial charge in [-0.1, -0.05) is 34.3 Å². The van der Waals surface area contributed by atoms with E-state index in [1.807, 2.05) is 0 Å². The van der Waals surface area contributed by atoms with Crippen molar-refractivity contribution in [3.63, 3.8) is 0 Å². The van der Waals surface area contributed by atoms with Gasteiger partial charge in [0, 0.05) is 6.42 Å². The fourth-order valence-corrected chi connectivity index (χ4v) is 5.00. The van der Waals surface area contributed by atoms with Gasteiger partial charge in [-0.3, -0.25) is 4.57 Å². The highest BCUT2D eigenvalue weighted by atomic mass is 31.2. The van der Waals surface area contributed by atoms with Crippen LogP contribution in [0.4, 0.5) is 0 Å². The van der Waals surface area contributed by atoms with Gasteiger partial charge in [-0.05, 0) is 52.9 Å². The molecule has 5 nitrogen and oxygen atoms in total. The lowest BCUT2D eigenvalue weighted by Gasteiger charge is -2.08. The van der Waals surface area contributed by atoms with Gasteiger partial charge in [-0.15, -0.1) is 0 Å². The molecule has 23 heavy (non-hydrogen) atoms. The van der Waals surface area contributed by atoms with E-state index in [1.54, 1.807) is 0 Å². The van der Waals surface area contributed by atoms with Gasteiger partial charge >= 0.3 is 15.4 Å². The minimum Gasteiger partial charge on any atom is -0.353 e. The first-order valence-electron chi connectivity index (χ1n) is 8.07. The van der Waals surface area contributed by atoms with Crippen LogP contribution in [0.25, 0.3) is 0 Å². The maximum Gasteiger partial charge on any atom is 0.382 e. The summed E-state index contributed by atoms with van der Waals surface area (Å²) in [5, 5.41) is 7.63. The minimum atomic E-state index is -4.40. The average Bonchev–Trinajstić information content (AvgIpc) is 2.43. The molecule has 2 unspecified atom stereocenters. The lowest BCUT2D eigenvalue weighted by atomic mass is 10.1. The number of allylic oxidation sites excluding steroid dienone is 4. The number of aliphatic hydroxyl groups excluding tert-OH is 1. The van der Waals surface area contributed by atoms with Gasteiger partial charge in [0.2, 0.25) is 6.35 Å². The molecule has 0 aliphatic rings. The van der Waals surface area contributed by atoms with Crippen molar-refractivity contribution in [2.45, 2.75) is 71.1 Å². The van der Waals surface area contributed by atoms with E-state index in [-0.39, 0.29) is 6.42 Å². The van der Waals surface area contributed by atoms with Crippen molar-refractivity contribution in [3.8, 4) is 0 Å². The Morgan fingerprint density at radius 2 is 1.74 bits per heavy atom. The molecule has 0 amide bonds. The zero-order valence-corrected chi connectivity index (χ0v) is 16.2. The van der Waals surface area contributed by atoms with Crippen LogP contribution in [-0.2, 0) is 9.13 Å². The number of hydrogen-bond donors (Lipinski definition) is 3. The lowest BCUT2D eigenvalue weighted by molar-refractivity contribution is 0.349. The number of unbranched alkanes of at least 4 members (excludes halogenated alkanes) is 3. The molecular weight excluding hydrogens is 334 g/mol. The zero-order valence-electron chi connectivity index (χ0n) is 14.4. The molecule has 0 saturated carbocycles. The second-order valence-electron chi connectivity index (χ2n) is 6.14. The summed E-state index contributed by atoms with van der Waals surface area (Å²) in [6.07, 6.45) is 9.43. The second kappa shape index (κ2) is 12.1. The van der Waals surface area contributed by atoms with E-state index in [2.05, 4.69) is 32.9 Å². The highest BCUT2D eigenvalue weighted by molar-refractivity contribution is 7.67. The first-order chi connectivity index (χ1) is 10.7. The van der Waals surface area contributed by atoms with Gasteiger partial charge in [0.15, 0.2) is 0 Å². The summed E-state index contributed by atoms with van der Waals surface area (Å²) >= 11 is 0. The van der Waals surface area contributed by atoms with Crippen molar-refractivity contribution in [2.24, 2.45) is 0 Å². The quantitative estimate of drug-likeness (QED) is 0.259. The van der Waals surface area contributed by atoms with Gasteiger partial charge in [0.1, 0.15) is 0 Å². The van der Waals surface area contributed by atoms with Gasteiger partial charge in [0.25, 0.3) is 5.40 Å². The normalized spacial score (nSPS) is 14.5. The molecule has 0 bridgehead atoms. The number of rotatable bonds is 12. The standard InChI is InChI=1S/C16H30O5P2/c1-14(2)9-8-11-15(3)10-6-4-5-7-12-16(22(18)13-17)23(19,20)21/h9-10,16-17H,4-8,11-13H2,1-3H3,(H-,19,20,21)/p+1/b15-10+. The zero-order chi connectivity index (χ0) is 17.9. The van der Waals surface area contributed by atoms with Crippen LogP contribution in [-0.4, -0.2) is 26.6 Å². The molecule has 0 radical (unpaired) electrons. The van der Waals surface area contributed by atoms with E-state index < -0.39 is 27.1 Å². The fraction of sp³-hybridized carbons (Fsp3) is 0.750. The van der Waals surface area contributed by atoms with Crippen molar-refractivity contribution in [1.82, 2.24) is 0 Å². The van der Waals surface area contributed by atoms with Crippen LogP contribution >= 0.6 is 15.4 Å². The lowest BCUT2D eigenvalue weighted by Crippen LogP contribution is -2.05. The van der Waals surface area contributed by atoms with Crippen LogP contribution in [0.15, 0.2) is 23.3 Å². The van der Waals surface area contributed by atoms with Crippen molar-refractivity contribution < 1.29 is 24.0 Å². The van der Waals surface area contributed by atoms with Gasteiger partial charge in [0.05, 0.1) is 0 Å². The Labute approximate surface area is 140 Å². The summed E-state index contributed by atoms with van der Waals surface area (Å²) < 4.78 is 22.8. The molecule has 0 aliphatic heterocycles. The Kier molecular flexibility index (Phi) is 11.9. The topological polar surface area (TPSA) is 94.8 Å². The molecular formula is C16H31O5P2+. The summed E-state index contributed by atoms with van der Waals surface area (Å²) in [6.45, 7) is 6.30. The highest BCUT2D eigenvalue weighted by Gasteiger charge is 2.43. The molecule has 7 heteroatoms. The molecule has 0 aromatic heterocycles. The van der Waals surface area contributed by atoms with Crippen molar-refractivity contribution in [1.29, 1.82) is 0 Å². The first kappa shape index (κ1) is 22.7. The molecule has 134 valence electrons. The summed E-state index contributed by atoms with van der Waals surface area (Å²) in [4.78, 5) is 18.4. The van der Waals surface area contributed by atoms with Crippen LogP contribution in [0.2, 0.25) is 0 Å². The SMILES string of the molecule is CC(C)=CCC/C(C)=C/CCCCCC([P+](=O)CO)P(=O)(O)O. The van der Waals surface area contributed by atoms with Crippen LogP contribution in [0.1, 0.15) is 65.7 Å². The van der Waals surface area contributed by atoms with E-state index in [9.17, 15) is 18.9 Å². The largest absolute Gasteiger partial charge is 0.382 e. The molecule has 0 rings (SSSR count). The van der Waals surface area contributed by atoms with Crippen molar-refractivity contribution in [3.05, 3.63) is 23.3 Å². The van der Waals surface area contributed by atoms with Crippen molar-refractivity contribution in [2.75, 3.05) is 6.35 Å². The summed E-state index contributed by atoms with van der Waals surface area (Å²) in [7, 11) is -6.65. The second-order valence-corrected chi connectivity index (χ2v) is 10.1. The Balaban J connectivity index is 4.01. The van der Waals surface area contributed by atoms with E-state index in [4.69, 9.17) is 5.11 Å². The van der Waals surface area contributed by atoms with E-state index in [0.29, 0.717) is 6.42 Å². The van der Waals surface area contributed by atoms with Crippen LogP contribution in [0, 0.1) is 0 Å². The Bertz CT molecular complexity index is 461. The maximum absolute atomic E-state index is 11.5. The third-order valence-corrected chi connectivity index (χ3v) is 7.52. The third-order valence-electron chi connectivity index (χ3n) is 3.61. The summed E-state index contributed by atoms with van der Waals surface area (Å²) in [5.74, 6) is 0. The third kappa shape index (κ3) is 11.8. The first-order valence-corrected chi connectivity index (χ1v) is 11.3. The predicted octanol–water partition coefficient (Wildman–Crippen LogP) is 4.91.